The fourth-order valence-corrected chi connectivity index (χ4v) is 5.74. The van der Waals surface area contributed by atoms with Gasteiger partial charge in [-0.1, -0.05) is 84.7 Å². The highest BCUT2D eigenvalue weighted by atomic mass is 16.5. The Kier molecular flexibility index (Phi) is 16.9. The van der Waals surface area contributed by atoms with Crippen LogP contribution in [0.2, 0.25) is 0 Å². The van der Waals surface area contributed by atoms with Crippen LogP contribution in [-0.4, -0.2) is 103 Å². The number of carbonyl (C=O) groups excluding carboxylic acids is 6. The second-order valence-corrected chi connectivity index (χ2v) is 15.7. The van der Waals surface area contributed by atoms with Crippen molar-refractivity contribution in [2.45, 2.75) is 124 Å². The van der Waals surface area contributed by atoms with E-state index in [1.165, 1.54) is 4.90 Å². The van der Waals surface area contributed by atoms with Gasteiger partial charge in [0.15, 0.2) is 0 Å². The molecule has 0 aromatic heterocycles. The topological polar surface area (TPSA) is 185 Å². The van der Waals surface area contributed by atoms with Gasteiger partial charge in [0.05, 0.1) is 43.5 Å². The third-order valence-corrected chi connectivity index (χ3v) is 8.25. The van der Waals surface area contributed by atoms with Crippen molar-refractivity contribution in [2.75, 3.05) is 26.2 Å². The molecule has 2 rings (SSSR count). The maximum atomic E-state index is 14.2. The molecule has 1 heterocycles. The quantitative estimate of drug-likeness (QED) is 0.131. The van der Waals surface area contributed by atoms with Gasteiger partial charge in [-0.25, -0.2) is 4.79 Å². The van der Waals surface area contributed by atoms with Crippen LogP contribution in [0.25, 0.3) is 0 Å². The third kappa shape index (κ3) is 14.4. The highest BCUT2D eigenvalue weighted by molar-refractivity contribution is 6.38. The molecule has 0 saturated carbocycles. The Bertz CT molecular complexity index is 1390. The number of benzene rings is 1. The lowest BCUT2D eigenvalue weighted by Gasteiger charge is -2.35. The van der Waals surface area contributed by atoms with Gasteiger partial charge < -0.3 is 35.6 Å². The molecule has 52 heavy (non-hydrogen) atoms. The highest BCUT2D eigenvalue weighted by Crippen LogP contribution is 2.29. The van der Waals surface area contributed by atoms with Crippen LogP contribution >= 0.6 is 0 Å². The van der Waals surface area contributed by atoms with Crippen molar-refractivity contribution < 1.29 is 38.2 Å². The lowest BCUT2D eigenvalue weighted by Crippen LogP contribution is -2.59. The number of aliphatic imine (C=N–C) groups is 1. The van der Waals surface area contributed by atoms with E-state index in [1.54, 1.807) is 20.8 Å². The normalized spacial score (nSPS) is 17.8. The average Bonchev–Trinajstić information content (AvgIpc) is 3.48. The number of nitrogens with zero attached hydrogens (tertiary/aromatic N) is 2. The smallest absolute Gasteiger partial charge is 0.407 e. The van der Waals surface area contributed by atoms with Gasteiger partial charge in [-0.2, -0.15) is 0 Å². The molecule has 1 aromatic rings. The zero-order chi connectivity index (χ0) is 39.2. The number of ether oxygens (including phenoxy) is 2. The predicted octanol–water partition coefficient (Wildman–Crippen LogP) is 3.49. The van der Waals surface area contributed by atoms with Gasteiger partial charge in [-0.15, -0.1) is 0 Å². The first-order valence-corrected chi connectivity index (χ1v) is 18.1. The summed E-state index contributed by atoms with van der Waals surface area (Å²) < 4.78 is 11.5. The molecular formula is C38H60N6O8. The van der Waals surface area contributed by atoms with Crippen LogP contribution in [-0.2, 0) is 33.4 Å². The van der Waals surface area contributed by atoms with Crippen LogP contribution in [0.4, 0.5) is 4.79 Å². The van der Waals surface area contributed by atoms with Crippen molar-refractivity contribution in [2.24, 2.45) is 16.3 Å². The minimum absolute atomic E-state index is 0.0675. The van der Waals surface area contributed by atoms with Crippen LogP contribution in [0.5, 0.6) is 0 Å². The van der Waals surface area contributed by atoms with Gasteiger partial charge in [0.2, 0.25) is 23.5 Å². The fraction of sp³-hybridized carbons (Fsp3) is 0.658. The Morgan fingerprint density at radius 1 is 0.981 bits per heavy atom. The van der Waals surface area contributed by atoms with Crippen LogP contribution in [0.1, 0.15) is 99.6 Å². The first-order chi connectivity index (χ1) is 24.3. The summed E-state index contributed by atoms with van der Waals surface area (Å²) in [5.41, 5.74) is -0.538. The average molecular weight is 729 g/mol. The molecule has 1 aliphatic heterocycles. The molecule has 5 amide bonds. The van der Waals surface area contributed by atoms with E-state index in [-0.39, 0.29) is 38.5 Å². The summed E-state index contributed by atoms with van der Waals surface area (Å²) in [7, 11) is 0. The van der Waals surface area contributed by atoms with E-state index in [4.69, 9.17) is 9.47 Å². The van der Waals surface area contributed by atoms with Gasteiger partial charge >= 0.3 is 6.09 Å². The number of amides is 5. The highest BCUT2D eigenvalue weighted by Gasteiger charge is 2.47. The van der Waals surface area contributed by atoms with Crippen molar-refractivity contribution in [1.82, 2.24) is 26.2 Å². The van der Waals surface area contributed by atoms with E-state index in [2.05, 4.69) is 33.0 Å². The van der Waals surface area contributed by atoms with Crippen LogP contribution in [0, 0.1) is 11.3 Å². The van der Waals surface area contributed by atoms with Crippen molar-refractivity contribution in [3.8, 4) is 0 Å². The molecule has 0 spiro atoms. The van der Waals surface area contributed by atoms with Gasteiger partial charge in [0.25, 0.3) is 5.91 Å². The molecule has 4 N–H and O–H groups in total. The molecule has 0 aliphatic carbocycles. The maximum absolute atomic E-state index is 14.2. The SMILES string of the molecule is C=NC[C@@H](NC(=O)CNC(=O)C(=O)C(CCCC)NC(=O)[C@@H]1C[C@@H](OC(C)(C)C)CN1C(=O)[C@@H](NC(=O)OCC(C)C)C(C)(C)C)c1ccccc1. The number of hydrogen-bond acceptors (Lipinski definition) is 9. The summed E-state index contributed by atoms with van der Waals surface area (Å²) in [6, 6.07) is 5.37. The third-order valence-electron chi connectivity index (χ3n) is 8.25. The summed E-state index contributed by atoms with van der Waals surface area (Å²) in [6.07, 6.45) is 0.238. The van der Waals surface area contributed by atoms with E-state index in [0.29, 0.717) is 12.8 Å². The number of likely N-dealkylation sites (tertiary alicyclic amines) is 1. The zero-order valence-electron chi connectivity index (χ0n) is 32.4. The molecule has 5 atom stereocenters. The molecular weight excluding hydrogens is 668 g/mol. The van der Waals surface area contributed by atoms with Crippen LogP contribution < -0.4 is 21.3 Å². The number of nitrogens with one attached hydrogen (secondary N) is 4. The zero-order valence-corrected chi connectivity index (χ0v) is 32.4. The minimum atomic E-state index is -1.21. The molecule has 290 valence electrons. The van der Waals surface area contributed by atoms with Gasteiger partial charge in [-0.3, -0.25) is 29.0 Å². The second-order valence-electron chi connectivity index (χ2n) is 15.7. The van der Waals surface area contributed by atoms with Crippen molar-refractivity contribution in [3.63, 3.8) is 0 Å². The predicted molar refractivity (Wildman–Crippen MR) is 199 cm³/mol. The van der Waals surface area contributed by atoms with Crippen LogP contribution in [0.15, 0.2) is 35.3 Å². The number of alkyl carbamates (subject to hydrolysis) is 1. The molecule has 0 radical (unpaired) electrons. The summed E-state index contributed by atoms with van der Waals surface area (Å²) in [5.74, 6) is -3.53. The Morgan fingerprint density at radius 2 is 1.63 bits per heavy atom. The summed E-state index contributed by atoms with van der Waals surface area (Å²) in [5, 5.41) is 10.6. The summed E-state index contributed by atoms with van der Waals surface area (Å²) in [6.45, 7) is 20.2. The molecule has 1 saturated heterocycles. The first kappa shape index (κ1) is 43.8. The number of ketones is 1. The Labute approximate surface area is 308 Å². The van der Waals surface area contributed by atoms with E-state index in [9.17, 15) is 28.8 Å². The van der Waals surface area contributed by atoms with Gasteiger partial charge in [0, 0.05) is 13.0 Å². The maximum Gasteiger partial charge on any atom is 0.407 e. The van der Waals surface area contributed by atoms with E-state index < -0.39 is 83.3 Å². The molecule has 1 aliphatic rings. The van der Waals surface area contributed by atoms with E-state index in [1.807, 2.05) is 71.9 Å². The fourth-order valence-electron chi connectivity index (χ4n) is 5.74. The first-order valence-electron chi connectivity index (χ1n) is 18.1. The van der Waals surface area contributed by atoms with Gasteiger partial charge in [-0.05, 0) is 50.8 Å². The standard InChI is InChI=1S/C38H60N6O8/c1-11-12-18-27(31(46)34(48)40-21-30(45)41-28(20-39-10)25-16-14-13-15-17-25)42-33(47)29-19-26(52-38(7,8)9)22-44(29)35(49)32(37(4,5)6)43-36(50)51-23-24(2)3/h13-17,24,26-29,32H,10-12,18-23H2,1-9H3,(H,40,48)(H,41,45)(H,42,47)(H,43,50)/t26-,27?,28-,29+,32-/m1/s1. The number of unbranched alkanes of at least 4 members (excludes halogenated alkanes) is 1. The Morgan fingerprint density at radius 3 is 2.19 bits per heavy atom. The van der Waals surface area contributed by atoms with E-state index in [0.717, 1.165) is 5.56 Å². The number of Topliss-reactive ketones (excluding diaryl/α,β-unsaturated/α-hetero) is 1. The van der Waals surface area contributed by atoms with Crippen molar-refractivity contribution in [1.29, 1.82) is 0 Å². The Hall–Kier alpha value is -4.33. The molecule has 14 nitrogen and oxygen atoms in total. The molecule has 0 bridgehead atoms. The number of carbonyl (C=O) groups is 6. The Balaban J connectivity index is 2.24. The van der Waals surface area contributed by atoms with Crippen molar-refractivity contribution in [3.05, 3.63) is 35.9 Å². The molecule has 1 aromatic carbocycles. The minimum Gasteiger partial charge on any atom is -0.449 e. The summed E-state index contributed by atoms with van der Waals surface area (Å²) >= 11 is 0. The largest absolute Gasteiger partial charge is 0.449 e. The molecule has 1 fully saturated rings. The monoisotopic (exact) mass is 728 g/mol. The lowest BCUT2D eigenvalue weighted by molar-refractivity contribution is -0.144. The van der Waals surface area contributed by atoms with E-state index >= 15 is 0 Å². The van der Waals surface area contributed by atoms with Crippen LogP contribution in [0.3, 0.4) is 0 Å². The van der Waals surface area contributed by atoms with Gasteiger partial charge in [0.1, 0.15) is 12.1 Å². The molecule has 14 heteroatoms. The number of hydrogen-bond donors (Lipinski definition) is 4. The number of rotatable bonds is 18. The summed E-state index contributed by atoms with van der Waals surface area (Å²) in [4.78, 5) is 85.4. The lowest BCUT2D eigenvalue weighted by atomic mass is 9.85. The molecule has 1 unspecified atom stereocenters. The second kappa shape index (κ2) is 20.1. The van der Waals surface area contributed by atoms with Crippen molar-refractivity contribution >= 4 is 42.2 Å².